The Balaban J connectivity index is 1.97. The van der Waals surface area contributed by atoms with E-state index in [1.807, 2.05) is 0 Å². The van der Waals surface area contributed by atoms with E-state index in [1.54, 1.807) is 11.3 Å². The van der Waals surface area contributed by atoms with Crippen molar-refractivity contribution in [2.45, 2.75) is 32.7 Å². The highest BCUT2D eigenvalue weighted by atomic mass is 32.1. The van der Waals surface area contributed by atoms with E-state index in [2.05, 4.69) is 40.6 Å². The second-order valence-electron chi connectivity index (χ2n) is 4.77. The van der Waals surface area contributed by atoms with Gasteiger partial charge in [0.25, 0.3) is 0 Å². The van der Waals surface area contributed by atoms with Crippen LogP contribution in [0.4, 0.5) is 11.8 Å². The molecular formula is C12H17N5S. The minimum atomic E-state index is 0.473. The topological polar surface area (TPSA) is 75.9 Å². The zero-order chi connectivity index (χ0) is 12.7. The lowest BCUT2D eigenvalue weighted by molar-refractivity contribution is 0.774. The Labute approximate surface area is 110 Å². The molecule has 1 fully saturated rings. The molecule has 3 rings (SSSR count). The monoisotopic (exact) mass is 263 g/mol. The maximum Gasteiger partial charge on any atom is 0.240 e. The molecule has 96 valence electrons. The summed E-state index contributed by atoms with van der Waals surface area (Å²) in [5.74, 6) is 7.57. The third-order valence-electron chi connectivity index (χ3n) is 3.41. The minimum absolute atomic E-state index is 0.473. The summed E-state index contributed by atoms with van der Waals surface area (Å²) in [4.78, 5) is 11.0. The molecule has 2 unspecified atom stereocenters. The van der Waals surface area contributed by atoms with Crippen LogP contribution in [0.25, 0.3) is 10.2 Å². The number of nitrogen functional groups attached to an aromatic ring is 1. The van der Waals surface area contributed by atoms with Crippen molar-refractivity contribution in [3.63, 3.8) is 0 Å². The van der Waals surface area contributed by atoms with Gasteiger partial charge in [0.1, 0.15) is 10.6 Å². The van der Waals surface area contributed by atoms with Gasteiger partial charge in [-0.3, -0.25) is 5.43 Å². The maximum atomic E-state index is 5.42. The largest absolute Gasteiger partial charge is 0.366 e. The van der Waals surface area contributed by atoms with E-state index in [9.17, 15) is 0 Å². The van der Waals surface area contributed by atoms with Crippen molar-refractivity contribution in [3.05, 3.63) is 10.9 Å². The van der Waals surface area contributed by atoms with Crippen molar-refractivity contribution in [2.24, 2.45) is 11.8 Å². The van der Waals surface area contributed by atoms with Gasteiger partial charge in [0.05, 0.1) is 5.39 Å². The summed E-state index contributed by atoms with van der Waals surface area (Å²) < 4.78 is 0. The Kier molecular flexibility index (Phi) is 2.83. The summed E-state index contributed by atoms with van der Waals surface area (Å²) in [5, 5.41) is 4.60. The number of hydrazine groups is 1. The summed E-state index contributed by atoms with van der Waals surface area (Å²) in [6.45, 7) is 4.31. The number of hydrogen-bond acceptors (Lipinski definition) is 6. The number of fused-ring (bicyclic) bond motifs is 1. The standard InChI is InChI=1S/C12H17N5S/c1-3-7-5-9(7)14-10-8-4-6(2)18-11(8)16-12(15-10)17-13/h4,7,9H,3,5,13H2,1-2H3,(H2,14,15,16,17). The second-order valence-corrected chi connectivity index (χ2v) is 6.01. The van der Waals surface area contributed by atoms with Gasteiger partial charge in [-0.15, -0.1) is 11.3 Å². The molecule has 1 aliphatic rings. The molecule has 1 aliphatic carbocycles. The highest BCUT2D eigenvalue weighted by Gasteiger charge is 2.35. The van der Waals surface area contributed by atoms with Crippen LogP contribution in [0.15, 0.2) is 6.07 Å². The van der Waals surface area contributed by atoms with Crippen molar-refractivity contribution >= 4 is 33.3 Å². The SMILES string of the molecule is CCC1CC1Nc1nc(NN)nc2sc(C)cc12. The summed E-state index contributed by atoms with van der Waals surface area (Å²) in [7, 11) is 0. The van der Waals surface area contributed by atoms with Gasteiger partial charge in [-0.05, 0) is 25.3 Å². The fraction of sp³-hybridized carbons (Fsp3) is 0.500. The second kappa shape index (κ2) is 4.37. The number of nitrogens with zero attached hydrogens (tertiary/aromatic N) is 2. The Morgan fingerprint density at radius 1 is 1.50 bits per heavy atom. The molecule has 5 nitrogen and oxygen atoms in total. The summed E-state index contributed by atoms with van der Waals surface area (Å²) in [5.41, 5.74) is 2.53. The zero-order valence-electron chi connectivity index (χ0n) is 10.5. The van der Waals surface area contributed by atoms with Crippen molar-refractivity contribution < 1.29 is 0 Å². The van der Waals surface area contributed by atoms with E-state index < -0.39 is 0 Å². The van der Waals surface area contributed by atoms with Gasteiger partial charge in [0.2, 0.25) is 5.95 Å². The summed E-state index contributed by atoms with van der Waals surface area (Å²) in [6, 6.07) is 2.69. The van der Waals surface area contributed by atoms with Gasteiger partial charge in [-0.1, -0.05) is 13.3 Å². The average Bonchev–Trinajstić information content (AvgIpc) is 3.00. The van der Waals surface area contributed by atoms with E-state index in [0.717, 1.165) is 22.0 Å². The van der Waals surface area contributed by atoms with Gasteiger partial charge in [0.15, 0.2) is 0 Å². The van der Waals surface area contributed by atoms with Crippen LogP contribution < -0.4 is 16.6 Å². The van der Waals surface area contributed by atoms with Crippen molar-refractivity contribution in [3.8, 4) is 0 Å². The van der Waals surface area contributed by atoms with Crippen LogP contribution in [0.3, 0.4) is 0 Å². The first-order valence-corrected chi connectivity index (χ1v) is 7.04. The van der Waals surface area contributed by atoms with Gasteiger partial charge in [-0.25, -0.2) is 10.8 Å². The Hall–Kier alpha value is -1.40. The smallest absolute Gasteiger partial charge is 0.240 e. The van der Waals surface area contributed by atoms with Crippen LogP contribution in [0.5, 0.6) is 0 Å². The number of nitrogens with two attached hydrogens (primary N) is 1. The number of hydrogen-bond donors (Lipinski definition) is 3. The number of rotatable bonds is 4. The number of nitrogens with one attached hydrogen (secondary N) is 2. The highest BCUT2D eigenvalue weighted by molar-refractivity contribution is 7.18. The molecule has 2 aromatic rings. The van der Waals surface area contributed by atoms with Crippen molar-refractivity contribution in [1.82, 2.24) is 9.97 Å². The zero-order valence-corrected chi connectivity index (χ0v) is 11.3. The normalized spacial score (nSPS) is 22.2. The third-order valence-corrected chi connectivity index (χ3v) is 4.36. The number of anilines is 2. The fourth-order valence-electron chi connectivity index (χ4n) is 2.27. The Morgan fingerprint density at radius 3 is 3.00 bits per heavy atom. The lowest BCUT2D eigenvalue weighted by Gasteiger charge is -2.07. The summed E-state index contributed by atoms with van der Waals surface area (Å²) >= 11 is 1.66. The van der Waals surface area contributed by atoms with E-state index in [-0.39, 0.29) is 0 Å². The predicted octanol–water partition coefficient (Wildman–Crippen LogP) is 2.50. The molecule has 0 aliphatic heterocycles. The predicted molar refractivity (Wildman–Crippen MR) is 75.8 cm³/mol. The third kappa shape index (κ3) is 2.02. The van der Waals surface area contributed by atoms with Crippen molar-refractivity contribution in [1.29, 1.82) is 0 Å². The molecule has 18 heavy (non-hydrogen) atoms. The Morgan fingerprint density at radius 2 is 2.33 bits per heavy atom. The van der Waals surface area contributed by atoms with Crippen LogP contribution in [0.1, 0.15) is 24.6 Å². The molecule has 4 N–H and O–H groups in total. The molecule has 1 saturated carbocycles. The first-order chi connectivity index (χ1) is 8.71. The van der Waals surface area contributed by atoms with E-state index >= 15 is 0 Å². The number of thiophene rings is 1. The van der Waals surface area contributed by atoms with Crippen LogP contribution in [-0.2, 0) is 0 Å². The first kappa shape index (κ1) is 11.7. The van der Waals surface area contributed by atoms with Gasteiger partial charge < -0.3 is 5.32 Å². The minimum Gasteiger partial charge on any atom is -0.366 e. The van der Waals surface area contributed by atoms with Crippen LogP contribution >= 0.6 is 11.3 Å². The lowest BCUT2D eigenvalue weighted by Crippen LogP contribution is -2.13. The van der Waals surface area contributed by atoms with Crippen LogP contribution in [0, 0.1) is 12.8 Å². The van der Waals surface area contributed by atoms with E-state index in [4.69, 9.17) is 5.84 Å². The number of aromatic nitrogens is 2. The lowest BCUT2D eigenvalue weighted by atomic mass is 10.3. The molecule has 0 aromatic carbocycles. The molecule has 0 spiro atoms. The quantitative estimate of drug-likeness (QED) is 0.583. The van der Waals surface area contributed by atoms with E-state index in [0.29, 0.717) is 12.0 Å². The van der Waals surface area contributed by atoms with Gasteiger partial charge in [-0.2, -0.15) is 4.98 Å². The molecule has 0 saturated heterocycles. The van der Waals surface area contributed by atoms with E-state index in [1.165, 1.54) is 17.7 Å². The Bertz CT molecular complexity index is 579. The van der Waals surface area contributed by atoms with Crippen molar-refractivity contribution in [2.75, 3.05) is 10.7 Å². The van der Waals surface area contributed by atoms with Crippen LogP contribution in [0.2, 0.25) is 0 Å². The maximum absolute atomic E-state index is 5.42. The first-order valence-electron chi connectivity index (χ1n) is 6.22. The molecule has 0 amide bonds. The van der Waals surface area contributed by atoms with Crippen LogP contribution in [-0.4, -0.2) is 16.0 Å². The fourth-order valence-corrected chi connectivity index (χ4v) is 3.15. The van der Waals surface area contributed by atoms with Gasteiger partial charge >= 0.3 is 0 Å². The molecule has 0 radical (unpaired) electrons. The molecule has 0 bridgehead atoms. The summed E-state index contributed by atoms with van der Waals surface area (Å²) in [6.07, 6.45) is 2.45. The number of aryl methyl sites for hydroxylation is 1. The molecule has 2 heterocycles. The molecule has 2 aromatic heterocycles. The molecule has 6 heteroatoms. The molecular weight excluding hydrogens is 246 g/mol. The molecule has 2 atom stereocenters. The highest BCUT2D eigenvalue weighted by Crippen LogP contribution is 2.38. The average molecular weight is 263 g/mol. The van der Waals surface area contributed by atoms with Gasteiger partial charge in [0, 0.05) is 10.9 Å².